The van der Waals surface area contributed by atoms with E-state index in [1.54, 1.807) is 0 Å². The average molecular weight is 264 g/mol. The van der Waals surface area contributed by atoms with E-state index in [0.717, 1.165) is 19.3 Å². The molecule has 72 valence electrons. The van der Waals surface area contributed by atoms with Crippen LogP contribution >= 0.6 is 28.1 Å². The number of hydrogen-bond acceptors (Lipinski definition) is 3. The number of carbonyl (C=O) groups is 1. The summed E-state index contributed by atoms with van der Waals surface area (Å²) in [7, 11) is 0. The summed E-state index contributed by atoms with van der Waals surface area (Å²) >= 11 is 8.34. The minimum atomic E-state index is -0.0233. The average Bonchev–Trinajstić information content (AvgIpc) is 2.06. The van der Waals surface area contributed by atoms with Crippen LogP contribution in [-0.2, 0) is 9.53 Å². The van der Waals surface area contributed by atoms with Crippen molar-refractivity contribution in [3.05, 3.63) is 0 Å². The van der Waals surface area contributed by atoms with Gasteiger partial charge in [-0.3, -0.25) is 10.1 Å². The molecule has 1 saturated heterocycles. The summed E-state index contributed by atoms with van der Waals surface area (Å²) in [6.45, 7) is 0. The summed E-state index contributed by atoms with van der Waals surface area (Å²) in [5, 5.41) is 2.78. The molecule has 3 nitrogen and oxygen atoms in total. The second-order valence-electron chi connectivity index (χ2n) is 3.45. The van der Waals surface area contributed by atoms with Crippen LogP contribution < -0.4 is 5.32 Å². The summed E-state index contributed by atoms with van der Waals surface area (Å²) in [6.07, 6.45) is 2.82. The Bertz CT molecular complexity index is 259. The second kappa shape index (κ2) is 3.53. The van der Waals surface area contributed by atoms with E-state index in [0.29, 0.717) is 4.83 Å². The zero-order chi connectivity index (χ0) is 9.42. The Morgan fingerprint density at radius 2 is 2.31 bits per heavy atom. The van der Waals surface area contributed by atoms with Crippen LogP contribution in [0.15, 0.2) is 0 Å². The fourth-order valence-corrected chi connectivity index (χ4v) is 2.76. The van der Waals surface area contributed by atoms with E-state index in [9.17, 15) is 4.79 Å². The highest BCUT2D eigenvalue weighted by Gasteiger charge is 2.39. The predicted molar refractivity (Wildman–Crippen MR) is 55.7 cm³/mol. The van der Waals surface area contributed by atoms with Crippen LogP contribution in [0.3, 0.4) is 0 Å². The van der Waals surface area contributed by atoms with Gasteiger partial charge >= 0.3 is 0 Å². The van der Waals surface area contributed by atoms with Crippen molar-refractivity contribution in [1.29, 1.82) is 0 Å². The van der Waals surface area contributed by atoms with E-state index in [1.165, 1.54) is 0 Å². The van der Waals surface area contributed by atoms with Crippen LogP contribution in [0.25, 0.3) is 0 Å². The third-order valence-corrected chi connectivity index (χ3v) is 3.57. The van der Waals surface area contributed by atoms with Crippen molar-refractivity contribution in [2.45, 2.75) is 30.2 Å². The standard InChI is InChI=1S/C8H10BrNO2S/c9-4-1-2-6-5(3-4)7(11)10-8(13)12-6/h4-6H,1-3H2,(H,10,11,13). The number of halogens is 1. The van der Waals surface area contributed by atoms with Crippen LogP contribution in [0.4, 0.5) is 0 Å². The van der Waals surface area contributed by atoms with Gasteiger partial charge in [0.15, 0.2) is 0 Å². The van der Waals surface area contributed by atoms with Gasteiger partial charge in [0, 0.05) is 4.83 Å². The van der Waals surface area contributed by atoms with Gasteiger partial charge in [-0.15, -0.1) is 0 Å². The molecule has 3 unspecified atom stereocenters. The molecule has 2 aliphatic rings. The molecule has 1 aliphatic carbocycles. The number of thiocarbonyl (C=S) groups is 1. The smallest absolute Gasteiger partial charge is 0.263 e. The second-order valence-corrected chi connectivity index (χ2v) is 5.12. The van der Waals surface area contributed by atoms with Crippen molar-refractivity contribution in [2.24, 2.45) is 5.92 Å². The molecular weight excluding hydrogens is 254 g/mol. The molecule has 1 N–H and O–H groups in total. The maximum absolute atomic E-state index is 11.5. The first-order valence-corrected chi connectivity index (χ1v) is 5.65. The van der Waals surface area contributed by atoms with Gasteiger partial charge in [-0.25, -0.2) is 0 Å². The zero-order valence-corrected chi connectivity index (χ0v) is 9.36. The normalized spacial score (nSPS) is 39.0. The van der Waals surface area contributed by atoms with Gasteiger partial charge in [0.1, 0.15) is 6.10 Å². The fourth-order valence-electron chi connectivity index (χ4n) is 1.87. The molecular formula is C8H10BrNO2S. The minimum Gasteiger partial charge on any atom is -0.467 e. The molecule has 1 saturated carbocycles. The lowest BCUT2D eigenvalue weighted by molar-refractivity contribution is -0.131. The van der Waals surface area contributed by atoms with Gasteiger partial charge < -0.3 is 4.74 Å². The van der Waals surface area contributed by atoms with Crippen LogP contribution in [0.1, 0.15) is 19.3 Å². The Kier molecular flexibility index (Phi) is 2.55. The quantitative estimate of drug-likeness (QED) is 0.530. The van der Waals surface area contributed by atoms with Gasteiger partial charge in [-0.1, -0.05) is 15.9 Å². The summed E-state index contributed by atoms with van der Waals surface area (Å²) in [6, 6.07) is 0. The first kappa shape index (κ1) is 9.40. The Hall–Kier alpha value is -0.160. The third-order valence-electron chi connectivity index (χ3n) is 2.54. The van der Waals surface area contributed by atoms with E-state index < -0.39 is 0 Å². The van der Waals surface area contributed by atoms with Gasteiger partial charge in [-0.05, 0) is 31.5 Å². The number of nitrogens with one attached hydrogen (secondary N) is 1. The number of hydrogen-bond donors (Lipinski definition) is 1. The Morgan fingerprint density at radius 3 is 3.08 bits per heavy atom. The minimum absolute atomic E-state index is 0.00931. The Balaban J connectivity index is 2.11. The van der Waals surface area contributed by atoms with Crippen molar-refractivity contribution >= 4 is 39.2 Å². The number of carbonyl (C=O) groups excluding carboxylic acids is 1. The lowest BCUT2D eigenvalue weighted by Gasteiger charge is -2.36. The van der Waals surface area contributed by atoms with E-state index in [1.807, 2.05) is 0 Å². The first-order chi connectivity index (χ1) is 6.16. The van der Waals surface area contributed by atoms with E-state index >= 15 is 0 Å². The monoisotopic (exact) mass is 263 g/mol. The maximum Gasteiger partial charge on any atom is 0.263 e. The summed E-state index contributed by atoms with van der Waals surface area (Å²) < 4.78 is 5.39. The van der Waals surface area contributed by atoms with Crippen molar-refractivity contribution in [1.82, 2.24) is 5.32 Å². The summed E-state index contributed by atoms with van der Waals surface area (Å²) in [5.74, 6) is -0.00442. The maximum atomic E-state index is 11.5. The molecule has 2 fully saturated rings. The first-order valence-electron chi connectivity index (χ1n) is 4.32. The number of amides is 1. The van der Waals surface area contributed by atoms with Gasteiger partial charge in [0.2, 0.25) is 5.91 Å². The molecule has 1 aliphatic heterocycles. The molecule has 1 amide bonds. The topological polar surface area (TPSA) is 38.3 Å². The highest BCUT2D eigenvalue weighted by Crippen LogP contribution is 2.33. The van der Waals surface area contributed by atoms with Crippen molar-refractivity contribution in [3.63, 3.8) is 0 Å². The van der Waals surface area contributed by atoms with Crippen molar-refractivity contribution in [2.75, 3.05) is 0 Å². The summed E-state index contributed by atoms with van der Waals surface area (Å²) in [5.41, 5.74) is 0. The van der Waals surface area contributed by atoms with Crippen molar-refractivity contribution in [3.8, 4) is 0 Å². The van der Waals surface area contributed by atoms with Gasteiger partial charge in [0.25, 0.3) is 5.17 Å². The van der Waals surface area contributed by atoms with Crippen LogP contribution in [0.2, 0.25) is 0 Å². The van der Waals surface area contributed by atoms with E-state index in [-0.39, 0.29) is 23.1 Å². The number of alkyl halides is 1. The Labute approximate surface area is 90.3 Å². The Morgan fingerprint density at radius 1 is 1.54 bits per heavy atom. The lowest BCUT2D eigenvalue weighted by atomic mass is 9.85. The summed E-state index contributed by atoms with van der Waals surface area (Å²) in [4.78, 5) is 11.9. The zero-order valence-electron chi connectivity index (χ0n) is 6.96. The third kappa shape index (κ3) is 1.86. The number of fused-ring (bicyclic) bond motifs is 1. The lowest BCUT2D eigenvalue weighted by Crippen LogP contribution is -2.51. The molecule has 13 heavy (non-hydrogen) atoms. The van der Waals surface area contributed by atoms with E-state index in [4.69, 9.17) is 17.0 Å². The molecule has 0 aromatic rings. The molecule has 0 aromatic carbocycles. The number of rotatable bonds is 0. The highest BCUT2D eigenvalue weighted by molar-refractivity contribution is 9.09. The van der Waals surface area contributed by atoms with Crippen molar-refractivity contribution < 1.29 is 9.53 Å². The molecule has 0 bridgehead atoms. The molecule has 1 heterocycles. The van der Waals surface area contributed by atoms with E-state index in [2.05, 4.69) is 21.2 Å². The highest BCUT2D eigenvalue weighted by atomic mass is 79.9. The van der Waals surface area contributed by atoms with Crippen LogP contribution in [0.5, 0.6) is 0 Å². The molecule has 3 atom stereocenters. The largest absolute Gasteiger partial charge is 0.467 e. The van der Waals surface area contributed by atoms with Gasteiger partial charge in [-0.2, -0.15) is 0 Å². The fraction of sp³-hybridized carbons (Fsp3) is 0.750. The molecule has 2 rings (SSSR count). The predicted octanol–water partition coefficient (Wildman–Crippen LogP) is 1.35. The SMILES string of the molecule is O=C1NC(=S)OC2CCC(Br)CC12. The molecule has 0 radical (unpaired) electrons. The van der Waals surface area contributed by atoms with Crippen LogP contribution in [0, 0.1) is 5.92 Å². The molecule has 0 spiro atoms. The molecule has 0 aromatic heterocycles. The number of ether oxygens (including phenoxy) is 1. The van der Waals surface area contributed by atoms with Gasteiger partial charge in [0.05, 0.1) is 5.92 Å². The van der Waals surface area contributed by atoms with Crippen LogP contribution in [-0.4, -0.2) is 22.0 Å². The molecule has 5 heteroatoms.